The Hall–Kier alpha value is -2.64. The minimum atomic E-state index is -0.372. The Morgan fingerprint density at radius 2 is 2.27 bits per heavy atom. The van der Waals surface area contributed by atoms with E-state index in [1.807, 2.05) is 6.92 Å². The molecular weight excluding hydrogens is 334 g/mol. The van der Waals surface area contributed by atoms with Crippen LogP contribution in [0.4, 0.5) is 5.69 Å². The van der Waals surface area contributed by atoms with Crippen molar-refractivity contribution in [3.05, 3.63) is 39.9 Å². The topological polar surface area (TPSA) is 99.9 Å². The number of para-hydroxylation sites is 1. The SMILES string of the molecule is CCNC(=NCc1ccccc1[N+](=O)[O-])N1CCCC2(CNC(=O)C2)C1. The molecule has 26 heavy (non-hydrogen) atoms. The summed E-state index contributed by atoms with van der Waals surface area (Å²) in [7, 11) is 0. The summed E-state index contributed by atoms with van der Waals surface area (Å²) in [5.41, 5.74) is 0.662. The second-order valence-electron chi connectivity index (χ2n) is 7.03. The van der Waals surface area contributed by atoms with Gasteiger partial charge in [0.15, 0.2) is 5.96 Å². The van der Waals surface area contributed by atoms with Gasteiger partial charge in [-0.2, -0.15) is 0 Å². The molecule has 0 radical (unpaired) electrons. The number of benzene rings is 1. The molecule has 1 spiro atoms. The van der Waals surface area contributed by atoms with Gasteiger partial charge in [0, 0.05) is 44.1 Å². The molecule has 8 nitrogen and oxygen atoms in total. The quantitative estimate of drug-likeness (QED) is 0.369. The first kappa shape index (κ1) is 18.2. The maximum Gasteiger partial charge on any atom is 0.274 e. The highest BCUT2D eigenvalue weighted by molar-refractivity contribution is 5.81. The standard InChI is InChI=1S/C18H25N5O3/c1-2-19-17(20-11-14-6-3-4-7-15(14)23(25)26)22-9-5-8-18(13-22)10-16(24)21-12-18/h3-4,6-7H,2,5,8-13H2,1H3,(H,19,20)(H,21,24). The highest BCUT2D eigenvalue weighted by Crippen LogP contribution is 2.36. The van der Waals surface area contributed by atoms with Crippen LogP contribution in [-0.4, -0.2) is 47.9 Å². The number of hydrogen-bond acceptors (Lipinski definition) is 4. The fourth-order valence-electron chi connectivity index (χ4n) is 3.84. The van der Waals surface area contributed by atoms with Crippen LogP contribution in [0.5, 0.6) is 0 Å². The van der Waals surface area contributed by atoms with Crippen molar-refractivity contribution in [2.75, 3.05) is 26.2 Å². The van der Waals surface area contributed by atoms with Crippen LogP contribution in [0, 0.1) is 15.5 Å². The Morgan fingerprint density at radius 1 is 1.46 bits per heavy atom. The largest absolute Gasteiger partial charge is 0.357 e. The number of hydrogen-bond donors (Lipinski definition) is 2. The highest BCUT2D eigenvalue weighted by Gasteiger charge is 2.42. The lowest BCUT2D eigenvalue weighted by Gasteiger charge is -2.40. The first-order valence-corrected chi connectivity index (χ1v) is 9.05. The van der Waals surface area contributed by atoms with Gasteiger partial charge in [0.25, 0.3) is 5.69 Å². The van der Waals surface area contributed by atoms with Crippen molar-refractivity contribution in [3.8, 4) is 0 Å². The lowest BCUT2D eigenvalue weighted by Crippen LogP contribution is -2.51. The second-order valence-corrected chi connectivity index (χ2v) is 7.03. The van der Waals surface area contributed by atoms with E-state index in [-0.39, 0.29) is 28.5 Å². The highest BCUT2D eigenvalue weighted by atomic mass is 16.6. The van der Waals surface area contributed by atoms with Gasteiger partial charge >= 0.3 is 0 Å². The van der Waals surface area contributed by atoms with Gasteiger partial charge < -0.3 is 15.5 Å². The molecule has 1 unspecified atom stereocenters. The summed E-state index contributed by atoms with van der Waals surface area (Å²) in [6, 6.07) is 6.69. The summed E-state index contributed by atoms with van der Waals surface area (Å²) in [5, 5.41) is 17.4. The average molecular weight is 359 g/mol. The molecule has 1 aromatic rings. The first-order chi connectivity index (χ1) is 12.5. The summed E-state index contributed by atoms with van der Waals surface area (Å²) in [4.78, 5) is 29.3. The van der Waals surface area contributed by atoms with Crippen molar-refractivity contribution in [2.24, 2.45) is 10.4 Å². The maximum atomic E-state index is 11.7. The van der Waals surface area contributed by atoms with Gasteiger partial charge in [0.05, 0.1) is 17.0 Å². The van der Waals surface area contributed by atoms with Gasteiger partial charge in [0.1, 0.15) is 0 Å². The molecule has 2 aliphatic rings. The number of nitrogens with zero attached hydrogens (tertiary/aromatic N) is 3. The Morgan fingerprint density at radius 3 is 2.96 bits per heavy atom. The van der Waals surface area contributed by atoms with Crippen molar-refractivity contribution in [2.45, 2.75) is 32.7 Å². The number of rotatable bonds is 4. The molecule has 3 rings (SSSR count). The lowest BCUT2D eigenvalue weighted by atomic mass is 9.79. The summed E-state index contributed by atoms with van der Waals surface area (Å²) < 4.78 is 0. The van der Waals surface area contributed by atoms with E-state index in [4.69, 9.17) is 0 Å². The molecule has 0 bridgehead atoms. The minimum Gasteiger partial charge on any atom is -0.357 e. The molecule has 2 N–H and O–H groups in total. The molecule has 1 aromatic carbocycles. The Labute approximate surface area is 152 Å². The number of nitrogens with one attached hydrogen (secondary N) is 2. The zero-order valence-corrected chi connectivity index (χ0v) is 15.0. The Kier molecular flexibility index (Phi) is 5.39. The van der Waals surface area contributed by atoms with E-state index >= 15 is 0 Å². The van der Waals surface area contributed by atoms with E-state index < -0.39 is 0 Å². The van der Waals surface area contributed by atoms with Gasteiger partial charge in [-0.3, -0.25) is 14.9 Å². The van der Waals surface area contributed by atoms with Gasteiger partial charge in [-0.15, -0.1) is 0 Å². The van der Waals surface area contributed by atoms with E-state index in [0.29, 0.717) is 18.5 Å². The van der Waals surface area contributed by atoms with Crippen molar-refractivity contribution < 1.29 is 9.72 Å². The van der Waals surface area contributed by atoms with E-state index in [9.17, 15) is 14.9 Å². The molecule has 140 valence electrons. The number of piperidine rings is 1. The zero-order valence-electron chi connectivity index (χ0n) is 15.0. The normalized spacial score (nSPS) is 23.2. The maximum absolute atomic E-state index is 11.7. The molecular formula is C18H25N5O3. The molecule has 2 fully saturated rings. The number of carbonyl (C=O) groups is 1. The van der Waals surface area contributed by atoms with E-state index in [1.54, 1.807) is 18.2 Å². The van der Waals surface area contributed by atoms with E-state index in [0.717, 1.165) is 38.4 Å². The van der Waals surface area contributed by atoms with Crippen LogP contribution in [-0.2, 0) is 11.3 Å². The summed E-state index contributed by atoms with van der Waals surface area (Å²) >= 11 is 0. The monoisotopic (exact) mass is 359 g/mol. The molecule has 2 aliphatic heterocycles. The van der Waals surface area contributed by atoms with Gasteiger partial charge in [-0.1, -0.05) is 18.2 Å². The fraction of sp³-hybridized carbons (Fsp3) is 0.556. The third-order valence-corrected chi connectivity index (χ3v) is 5.08. The summed E-state index contributed by atoms with van der Waals surface area (Å²) in [5.74, 6) is 0.873. The van der Waals surface area contributed by atoms with Gasteiger partial charge in [0.2, 0.25) is 5.91 Å². The minimum absolute atomic E-state index is 0.0235. The number of nitro groups is 1. The average Bonchev–Trinajstić information content (AvgIpc) is 2.98. The van der Waals surface area contributed by atoms with Crippen LogP contribution in [0.1, 0.15) is 31.7 Å². The third kappa shape index (κ3) is 3.95. The third-order valence-electron chi connectivity index (χ3n) is 5.08. The van der Waals surface area contributed by atoms with Crippen molar-refractivity contribution in [3.63, 3.8) is 0 Å². The molecule has 2 saturated heterocycles. The molecule has 2 heterocycles. The number of aliphatic imine (C=N–C) groups is 1. The number of guanidine groups is 1. The van der Waals surface area contributed by atoms with Crippen LogP contribution in [0.25, 0.3) is 0 Å². The number of nitro benzene ring substituents is 1. The predicted molar refractivity (Wildman–Crippen MR) is 98.8 cm³/mol. The van der Waals surface area contributed by atoms with Crippen LogP contribution in [0.2, 0.25) is 0 Å². The molecule has 0 aliphatic carbocycles. The van der Waals surface area contributed by atoms with E-state index in [2.05, 4.69) is 20.5 Å². The first-order valence-electron chi connectivity index (χ1n) is 9.05. The fourth-order valence-corrected chi connectivity index (χ4v) is 3.84. The molecule has 8 heteroatoms. The van der Waals surface area contributed by atoms with Gasteiger partial charge in [-0.25, -0.2) is 4.99 Å². The van der Waals surface area contributed by atoms with Crippen molar-refractivity contribution in [1.82, 2.24) is 15.5 Å². The number of likely N-dealkylation sites (tertiary alicyclic amines) is 1. The lowest BCUT2D eigenvalue weighted by molar-refractivity contribution is -0.385. The molecule has 1 amide bonds. The van der Waals surface area contributed by atoms with Crippen LogP contribution in [0.3, 0.4) is 0 Å². The summed E-state index contributed by atoms with van der Waals surface area (Å²) in [6.07, 6.45) is 2.60. The van der Waals surface area contributed by atoms with Crippen LogP contribution < -0.4 is 10.6 Å². The van der Waals surface area contributed by atoms with Crippen molar-refractivity contribution >= 4 is 17.6 Å². The van der Waals surface area contributed by atoms with Crippen LogP contribution >= 0.6 is 0 Å². The molecule has 1 atom stereocenters. The molecule has 0 aromatic heterocycles. The molecule has 0 saturated carbocycles. The predicted octanol–water partition coefficient (Wildman–Crippen LogP) is 1.66. The Bertz CT molecular complexity index is 721. The van der Waals surface area contributed by atoms with Gasteiger partial charge in [-0.05, 0) is 19.8 Å². The van der Waals surface area contributed by atoms with Crippen molar-refractivity contribution in [1.29, 1.82) is 0 Å². The van der Waals surface area contributed by atoms with Crippen LogP contribution in [0.15, 0.2) is 29.3 Å². The van der Waals surface area contributed by atoms with E-state index in [1.165, 1.54) is 6.07 Å². The smallest absolute Gasteiger partial charge is 0.274 e. The second kappa shape index (κ2) is 7.72. The zero-order chi connectivity index (χ0) is 18.6. The number of carbonyl (C=O) groups excluding carboxylic acids is 1. The Balaban J connectivity index is 1.77. The number of amides is 1. The summed E-state index contributed by atoms with van der Waals surface area (Å²) in [6.45, 7) is 5.33.